The molecule has 2 atom stereocenters. The monoisotopic (exact) mass is 416 g/mol. The van der Waals surface area contributed by atoms with E-state index in [0.717, 1.165) is 17.9 Å². The van der Waals surface area contributed by atoms with Gasteiger partial charge in [-0.25, -0.2) is 13.2 Å². The van der Waals surface area contributed by atoms with Gasteiger partial charge >= 0.3 is 11.7 Å². The van der Waals surface area contributed by atoms with E-state index in [0.29, 0.717) is 0 Å². The van der Waals surface area contributed by atoms with Crippen molar-refractivity contribution in [2.75, 3.05) is 11.5 Å². The highest BCUT2D eigenvalue weighted by molar-refractivity contribution is 7.97. The minimum atomic E-state index is -6.09. The van der Waals surface area contributed by atoms with Crippen molar-refractivity contribution < 1.29 is 40.4 Å². The van der Waals surface area contributed by atoms with Gasteiger partial charge in [0.1, 0.15) is 5.75 Å². The van der Waals surface area contributed by atoms with Crippen molar-refractivity contribution in [2.45, 2.75) is 42.9 Å². The Morgan fingerprint density at radius 1 is 1.27 bits per heavy atom. The Balaban J connectivity index is 0.000000359. The molecule has 6 nitrogen and oxygen atoms in total. The first kappa shape index (κ1) is 22.6. The number of carbonyl (C=O) groups is 1. The van der Waals surface area contributed by atoms with Crippen molar-refractivity contribution in [3.05, 3.63) is 30.3 Å². The van der Waals surface area contributed by atoms with Crippen molar-refractivity contribution in [1.29, 1.82) is 0 Å². The van der Waals surface area contributed by atoms with Gasteiger partial charge in [-0.1, -0.05) is 18.2 Å². The highest BCUT2D eigenvalue weighted by Crippen LogP contribution is 2.25. The number of halogens is 3. The third kappa shape index (κ3) is 7.83. The molecule has 2 rings (SSSR count). The summed E-state index contributed by atoms with van der Waals surface area (Å²) in [4.78, 5) is 12.8. The summed E-state index contributed by atoms with van der Waals surface area (Å²) in [5, 5.41) is 0. The highest BCUT2D eigenvalue weighted by atomic mass is 32.2. The number of ether oxygens (including phenoxy) is 2. The molecule has 0 bridgehead atoms. The molecule has 1 aromatic carbocycles. The van der Waals surface area contributed by atoms with Crippen LogP contribution in [-0.2, 0) is 30.5 Å². The Bertz CT molecular complexity index is 676. The third-order valence-corrected chi connectivity index (χ3v) is 6.04. The summed E-state index contributed by atoms with van der Waals surface area (Å²) in [7, 11) is -5.87. The van der Waals surface area contributed by atoms with Crippen molar-refractivity contribution in [1.82, 2.24) is 0 Å². The van der Waals surface area contributed by atoms with Gasteiger partial charge in [0.2, 0.25) is 0 Å². The first-order chi connectivity index (χ1) is 11.9. The molecule has 26 heavy (non-hydrogen) atoms. The zero-order valence-electron chi connectivity index (χ0n) is 14.1. The fourth-order valence-corrected chi connectivity index (χ4v) is 4.31. The molecule has 1 heterocycles. The van der Waals surface area contributed by atoms with E-state index < -0.39 is 21.8 Å². The van der Waals surface area contributed by atoms with Gasteiger partial charge in [-0.3, -0.25) is 0 Å². The molecule has 0 radical (unpaired) electrons. The summed E-state index contributed by atoms with van der Waals surface area (Å²) in [6.07, 6.45) is 0.296. The quantitative estimate of drug-likeness (QED) is 0.325. The number of hydrogen-bond donors (Lipinski definition) is 0. The van der Waals surface area contributed by atoms with Crippen LogP contribution < -0.4 is 0 Å². The van der Waals surface area contributed by atoms with E-state index >= 15 is 0 Å². The fraction of sp³-hybridized carbons (Fsp3) is 0.533. The minimum Gasteiger partial charge on any atom is -0.741 e. The molecule has 0 spiro atoms. The summed E-state index contributed by atoms with van der Waals surface area (Å²) in [5.41, 5.74) is -5.65. The molecule has 0 aliphatic carbocycles. The van der Waals surface area contributed by atoms with E-state index in [-0.39, 0.29) is 23.1 Å². The maximum atomic E-state index is 11.4. The summed E-state index contributed by atoms with van der Waals surface area (Å²) >= 11 is 0. The van der Waals surface area contributed by atoms with E-state index in [2.05, 4.69) is 24.3 Å². The Hall–Kier alpha value is -1.46. The van der Waals surface area contributed by atoms with Gasteiger partial charge in [-0.05, 0) is 26.0 Å². The van der Waals surface area contributed by atoms with E-state index in [9.17, 15) is 18.0 Å². The summed E-state index contributed by atoms with van der Waals surface area (Å²) in [6.45, 7) is 3.65. The van der Waals surface area contributed by atoms with E-state index in [1.807, 2.05) is 19.9 Å². The minimum absolute atomic E-state index is 0.0137. The average molecular weight is 416 g/mol. The molecule has 0 saturated carbocycles. The van der Waals surface area contributed by atoms with Crippen LogP contribution in [0.2, 0.25) is 0 Å². The Morgan fingerprint density at radius 3 is 2.27 bits per heavy atom. The molecule has 1 aromatic rings. The van der Waals surface area contributed by atoms with Crippen LogP contribution in [0, 0.1) is 0 Å². The molecule has 1 aliphatic heterocycles. The van der Waals surface area contributed by atoms with E-state index in [4.69, 9.17) is 22.4 Å². The van der Waals surface area contributed by atoms with Crippen molar-refractivity contribution >= 4 is 27.2 Å². The van der Waals surface area contributed by atoms with Gasteiger partial charge in [0.25, 0.3) is 0 Å². The van der Waals surface area contributed by atoms with Crippen molar-refractivity contribution in [2.24, 2.45) is 0 Å². The van der Waals surface area contributed by atoms with Crippen LogP contribution in [-0.4, -0.2) is 48.3 Å². The van der Waals surface area contributed by atoms with Gasteiger partial charge in [0, 0.05) is 17.3 Å². The van der Waals surface area contributed by atoms with Crippen LogP contribution >= 0.6 is 0 Å². The highest BCUT2D eigenvalue weighted by Gasteiger charge is 2.37. The summed E-state index contributed by atoms with van der Waals surface area (Å²) < 4.78 is 69.2. The van der Waals surface area contributed by atoms with Gasteiger partial charge in [-0.15, -0.1) is 0 Å². The molecule has 148 valence electrons. The van der Waals surface area contributed by atoms with E-state index in [1.54, 1.807) is 0 Å². The largest absolute Gasteiger partial charge is 0.741 e. The van der Waals surface area contributed by atoms with Crippen LogP contribution in [0.3, 0.4) is 0 Å². The lowest BCUT2D eigenvalue weighted by molar-refractivity contribution is -0.0517. The maximum absolute atomic E-state index is 11.4. The average Bonchev–Trinajstić information content (AvgIpc) is 2.94. The van der Waals surface area contributed by atoms with Crippen LogP contribution in [0.15, 0.2) is 35.2 Å². The number of alkyl halides is 3. The summed E-state index contributed by atoms with van der Waals surface area (Å²) in [6, 6.07) is 10.4. The van der Waals surface area contributed by atoms with Gasteiger partial charge in [-0.2, -0.15) is 13.2 Å². The maximum Gasteiger partial charge on any atom is 0.508 e. The zero-order chi connectivity index (χ0) is 20.0. The standard InChI is InChI=1S/C14H19O3S.CHF3O3S/c1-11(2)16-14(15)17-12-8-9-18(10-12)13-6-4-3-5-7-13;2-1(3,4)8(5,6)7/h3-7,11-12H,8-10H2,1-2H3;(H,5,6,7)/q+1;/p-1. The SMILES string of the molecule is CC(C)OC(=O)OC1CC[S+](c2ccccc2)C1.O=S(=O)([O-])C(F)(F)F. The number of carbonyl (C=O) groups excluding carboxylic acids is 1. The molecule has 2 unspecified atom stereocenters. The van der Waals surface area contributed by atoms with Crippen LogP contribution in [0.4, 0.5) is 18.0 Å². The van der Waals surface area contributed by atoms with Gasteiger partial charge < -0.3 is 14.0 Å². The second kappa shape index (κ2) is 9.47. The zero-order valence-corrected chi connectivity index (χ0v) is 15.7. The van der Waals surface area contributed by atoms with Gasteiger partial charge in [0.15, 0.2) is 26.9 Å². The Labute approximate surface area is 152 Å². The predicted octanol–water partition coefficient (Wildman–Crippen LogP) is 3.05. The Morgan fingerprint density at radius 2 is 1.81 bits per heavy atom. The molecular formula is C15H19F3O6S2. The molecule has 0 N–H and O–H groups in total. The lowest BCUT2D eigenvalue weighted by atomic mass is 10.3. The second-order valence-electron chi connectivity index (χ2n) is 5.52. The van der Waals surface area contributed by atoms with Gasteiger partial charge in [0.05, 0.1) is 6.10 Å². The van der Waals surface area contributed by atoms with Crippen LogP contribution in [0.1, 0.15) is 20.3 Å². The molecule has 1 fully saturated rings. The first-order valence-corrected chi connectivity index (χ1v) is 10.5. The number of hydrogen-bond acceptors (Lipinski definition) is 6. The third-order valence-electron chi connectivity index (χ3n) is 3.03. The molecule has 1 aliphatic rings. The lowest BCUT2D eigenvalue weighted by Crippen LogP contribution is -2.22. The molecule has 1 saturated heterocycles. The van der Waals surface area contributed by atoms with Crippen molar-refractivity contribution in [3.63, 3.8) is 0 Å². The molecule has 0 aromatic heterocycles. The number of rotatable bonds is 3. The topological polar surface area (TPSA) is 92.7 Å². The summed E-state index contributed by atoms with van der Waals surface area (Å²) in [5.74, 6) is 2.03. The molecular weight excluding hydrogens is 397 g/mol. The second-order valence-corrected chi connectivity index (χ2v) is 9.09. The Kier molecular flexibility index (Phi) is 8.22. The molecule has 11 heteroatoms. The normalized spacial score (nSPS) is 20.3. The van der Waals surface area contributed by atoms with E-state index in [1.165, 1.54) is 4.90 Å². The van der Waals surface area contributed by atoms with Crippen LogP contribution in [0.5, 0.6) is 0 Å². The number of benzene rings is 1. The smallest absolute Gasteiger partial charge is 0.508 e. The lowest BCUT2D eigenvalue weighted by Gasteiger charge is -2.11. The van der Waals surface area contributed by atoms with Crippen LogP contribution in [0.25, 0.3) is 0 Å². The van der Waals surface area contributed by atoms with Crippen molar-refractivity contribution in [3.8, 4) is 0 Å². The fourth-order valence-electron chi connectivity index (χ4n) is 1.94. The predicted molar refractivity (Wildman–Crippen MR) is 88.7 cm³/mol. The molecule has 0 amide bonds. The first-order valence-electron chi connectivity index (χ1n) is 7.52.